The van der Waals surface area contributed by atoms with Gasteiger partial charge in [-0.1, -0.05) is 0 Å². The third-order valence-corrected chi connectivity index (χ3v) is 4.48. The van der Waals surface area contributed by atoms with Crippen molar-refractivity contribution in [1.29, 1.82) is 0 Å². The van der Waals surface area contributed by atoms with E-state index in [4.69, 9.17) is 9.47 Å². The summed E-state index contributed by atoms with van der Waals surface area (Å²) in [5, 5.41) is 0. The first-order chi connectivity index (χ1) is 11.5. The van der Waals surface area contributed by atoms with E-state index in [1.807, 2.05) is 11.6 Å². The summed E-state index contributed by atoms with van der Waals surface area (Å²) in [4.78, 5) is 16.1. The number of amides is 1. The zero-order chi connectivity index (χ0) is 17.6. The maximum atomic E-state index is 12.2. The van der Waals surface area contributed by atoms with E-state index in [9.17, 15) is 13.2 Å². The molecular weight excluding hydrogens is 332 g/mol. The van der Waals surface area contributed by atoms with Crippen molar-refractivity contribution in [2.75, 3.05) is 13.7 Å². The van der Waals surface area contributed by atoms with Gasteiger partial charge in [-0.3, -0.25) is 9.78 Å². The Morgan fingerprint density at radius 2 is 1.88 bits per heavy atom. The number of methoxy groups -OCH3 is 1. The Kier molecular flexibility index (Phi) is 5.88. The molecule has 0 bridgehead atoms. The van der Waals surface area contributed by atoms with Crippen LogP contribution in [0.25, 0.3) is 0 Å². The Balaban J connectivity index is 2.09. The minimum absolute atomic E-state index is 0.0300. The van der Waals surface area contributed by atoms with Gasteiger partial charge >= 0.3 is 0 Å². The topological polar surface area (TPSA) is 94.6 Å². The number of ether oxygens (including phenoxy) is 2. The number of nitrogens with one attached hydrogen (secondary N) is 1. The summed E-state index contributed by atoms with van der Waals surface area (Å²) in [6.07, 6.45) is 1.31. The molecule has 7 nitrogen and oxygen atoms in total. The average Bonchev–Trinajstić information content (AvgIpc) is 2.60. The minimum atomic E-state index is -3.96. The predicted molar refractivity (Wildman–Crippen MR) is 87.2 cm³/mol. The van der Waals surface area contributed by atoms with Gasteiger partial charge in [0.05, 0.1) is 29.9 Å². The Morgan fingerprint density at radius 3 is 2.42 bits per heavy atom. The highest BCUT2D eigenvalue weighted by Gasteiger charge is 2.19. The number of rotatable bonds is 7. The summed E-state index contributed by atoms with van der Waals surface area (Å²) < 4.78 is 36.6. The minimum Gasteiger partial charge on any atom is -0.497 e. The Bertz CT molecular complexity index is 786. The number of sulfonamides is 1. The summed E-state index contributed by atoms with van der Waals surface area (Å²) in [6.45, 7) is 2.76. The van der Waals surface area contributed by atoms with Crippen LogP contribution in [0.3, 0.4) is 0 Å². The molecule has 0 aliphatic heterocycles. The molecule has 0 unspecified atom stereocenters. The van der Waals surface area contributed by atoms with E-state index in [0.717, 1.165) is 0 Å². The lowest BCUT2D eigenvalue weighted by Crippen LogP contribution is -2.30. The number of pyridine rings is 1. The molecule has 0 spiro atoms. The van der Waals surface area contributed by atoms with Crippen LogP contribution in [-0.4, -0.2) is 33.0 Å². The Morgan fingerprint density at radius 1 is 1.17 bits per heavy atom. The average molecular weight is 350 g/mol. The molecule has 0 aliphatic carbocycles. The summed E-state index contributed by atoms with van der Waals surface area (Å²) in [7, 11) is -2.48. The molecule has 1 N–H and O–H groups in total. The van der Waals surface area contributed by atoms with E-state index in [0.29, 0.717) is 24.7 Å². The van der Waals surface area contributed by atoms with Gasteiger partial charge in [0.2, 0.25) is 0 Å². The molecule has 8 heteroatoms. The van der Waals surface area contributed by atoms with Crippen molar-refractivity contribution in [3.05, 3.63) is 53.9 Å². The van der Waals surface area contributed by atoms with Gasteiger partial charge < -0.3 is 9.47 Å². The molecule has 1 aromatic carbocycles. The largest absolute Gasteiger partial charge is 0.497 e. The Labute approximate surface area is 140 Å². The van der Waals surface area contributed by atoms with E-state index in [1.54, 1.807) is 6.07 Å². The van der Waals surface area contributed by atoms with Crippen LogP contribution in [0.5, 0.6) is 5.75 Å². The molecule has 24 heavy (non-hydrogen) atoms. The van der Waals surface area contributed by atoms with Gasteiger partial charge in [-0.2, -0.15) is 0 Å². The standard InChI is InChI=1S/C16H18N2O5S/c1-3-23-11-13-5-4-12(10-17-13)16(19)18-24(20,21)15-8-6-14(22-2)7-9-15/h4-10H,3,11H2,1-2H3,(H,18,19). The lowest BCUT2D eigenvalue weighted by molar-refractivity contribution is 0.0980. The first kappa shape index (κ1) is 17.9. The molecule has 1 amide bonds. The second kappa shape index (κ2) is 7.89. The fourth-order valence-electron chi connectivity index (χ4n) is 1.85. The van der Waals surface area contributed by atoms with Gasteiger partial charge in [0.1, 0.15) is 5.75 Å². The van der Waals surface area contributed by atoms with Crippen molar-refractivity contribution < 1.29 is 22.7 Å². The number of nitrogens with zero attached hydrogens (tertiary/aromatic N) is 1. The van der Waals surface area contributed by atoms with Crippen molar-refractivity contribution >= 4 is 15.9 Å². The molecule has 0 saturated carbocycles. The SMILES string of the molecule is CCOCc1ccc(C(=O)NS(=O)(=O)c2ccc(OC)cc2)cn1. The van der Waals surface area contributed by atoms with E-state index in [-0.39, 0.29) is 10.5 Å². The molecule has 0 atom stereocenters. The Hall–Kier alpha value is -2.45. The zero-order valence-corrected chi connectivity index (χ0v) is 14.2. The quantitative estimate of drug-likeness (QED) is 0.817. The van der Waals surface area contributed by atoms with E-state index in [2.05, 4.69) is 4.98 Å². The van der Waals surface area contributed by atoms with Gasteiger partial charge in [0.25, 0.3) is 15.9 Å². The lowest BCUT2D eigenvalue weighted by Gasteiger charge is -2.08. The molecule has 0 fully saturated rings. The second-order valence-corrected chi connectivity index (χ2v) is 6.47. The number of aromatic nitrogens is 1. The van der Waals surface area contributed by atoms with Crippen LogP contribution in [0.1, 0.15) is 23.0 Å². The van der Waals surface area contributed by atoms with Crippen LogP contribution < -0.4 is 9.46 Å². The van der Waals surface area contributed by atoms with Crippen molar-refractivity contribution in [2.24, 2.45) is 0 Å². The first-order valence-electron chi connectivity index (χ1n) is 7.20. The van der Waals surface area contributed by atoms with E-state index in [1.165, 1.54) is 43.6 Å². The molecule has 1 heterocycles. The number of carbonyl (C=O) groups is 1. The lowest BCUT2D eigenvalue weighted by atomic mass is 10.2. The number of carbonyl (C=O) groups excluding carboxylic acids is 1. The van der Waals surface area contributed by atoms with Crippen molar-refractivity contribution in [1.82, 2.24) is 9.71 Å². The third-order valence-electron chi connectivity index (χ3n) is 3.14. The molecule has 0 radical (unpaired) electrons. The summed E-state index contributed by atoms with van der Waals surface area (Å²) in [5.74, 6) is -0.226. The molecule has 2 rings (SSSR count). The van der Waals surface area contributed by atoms with Crippen molar-refractivity contribution in [2.45, 2.75) is 18.4 Å². The molecule has 1 aromatic heterocycles. The van der Waals surface area contributed by atoms with Crippen LogP contribution in [0.2, 0.25) is 0 Å². The van der Waals surface area contributed by atoms with Gasteiger partial charge in [-0.25, -0.2) is 13.1 Å². The highest BCUT2D eigenvalue weighted by Crippen LogP contribution is 2.15. The van der Waals surface area contributed by atoms with Crippen LogP contribution in [0.4, 0.5) is 0 Å². The highest BCUT2D eigenvalue weighted by molar-refractivity contribution is 7.90. The maximum absolute atomic E-state index is 12.2. The summed E-state index contributed by atoms with van der Waals surface area (Å²) in [6, 6.07) is 8.84. The van der Waals surface area contributed by atoms with E-state index < -0.39 is 15.9 Å². The highest BCUT2D eigenvalue weighted by atomic mass is 32.2. The smallest absolute Gasteiger partial charge is 0.266 e. The molecule has 0 aliphatic rings. The number of hydrogen-bond acceptors (Lipinski definition) is 6. The van der Waals surface area contributed by atoms with Crippen LogP contribution >= 0.6 is 0 Å². The molecule has 0 saturated heterocycles. The second-order valence-electron chi connectivity index (χ2n) is 4.79. The predicted octanol–water partition coefficient (Wildman–Crippen LogP) is 1.75. The van der Waals surface area contributed by atoms with Crippen LogP contribution in [-0.2, 0) is 21.4 Å². The third kappa shape index (κ3) is 4.53. The fourth-order valence-corrected chi connectivity index (χ4v) is 2.82. The number of benzene rings is 1. The van der Waals surface area contributed by atoms with Crippen LogP contribution in [0.15, 0.2) is 47.5 Å². The zero-order valence-electron chi connectivity index (χ0n) is 13.4. The normalized spacial score (nSPS) is 11.1. The van der Waals surface area contributed by atoms with Gasteiger partial charge in [0.15, 0.2) is 0 Å². The van der Waals surface area contributed by atoms with Crippen LogP contribution in [0, 0.1) is 0 Å². The summed E-state index contributed by atoms with van der Waals surface area (Å²) in [5.41, 5.74) is 0.804. The van der Waals surface area contributed by atoms with Gasteiger partial charge in [-0.15, -0.1) is 0 Å². The number of hydrogen-bond donors (Lipinski definition) is 1. The summed E-state index contributed by atoms with van der Waals surface area (Å²) >= 11 is 0. The van der Waals surface area contributed by atoms with Gasteiger partial charge in [-0.05, 0) is 43.3 Å². The van der Waals surface area contributed by atoms with Crippen molar-refractivity contribution in [3.8, 4) is 5.75 Å². The molecular formula is C16H18N2O5S. The first-order valence-corrected chi connectivity index (χ1v) is 8.68. The van der Waals surface area contributed by atoms with E-state index >= 15 is 0 Å². The van der Waals surface area contributed by atoms with Crippen molar-refractivity contribution in [3.63, 3.8) is 0 Å². The fraction of sp³-hybridized carbons (Fsp3) is 0.250. The molecule has 128 valence electrons. The van der Waals surface area contributed by atoms with Gasteiger partial charge in [0, 0.05) is 12.8 Å². The molecule has 2 aromatic rings. The monoisotopic (exact) mass is 350 g/mol. The maximum Gasteiger partial charge on any atom is 0.266 e.